The molecule has 0 aliphatic carbocycles. The monoisotopic (exact) mass is 222 g/mol. The molecule has 1 saturated heterocycles. The minimum absolute atomic E-state index is 0.540. The zero-order valence-electron chi connectivity index (χ0n) is 10.2. The fraction of sp³-hybridized carbons (Fsp3) is 0.538. The second-order valence-corrected chi connectivity index (χ2v) is 5.31. The Balaban J connectivity index is 2.49. The third-order valence-corrected chi connectivity index (χ3v) is 3.89. The number of benzene rings is 1. The van der Waals surface area contributed by atoms with Gasteiger partial charge < -0.3 is 5.11 Å². The first kappa shape index (κ1) is 11.6. The van der Waals surface area contributed by atoms with Crippen molar-refractivity contribution in [3.05, 3.63) is 35.9 Å². The van der Waals surface area contributed by atoms with Crippen LogP contribution < -0.4 is 0 Å². The number of aliphatic hydroxyl groups is 1. The van der Waals surface area contributed by atoms with Gasteiger partial charge in [0.15, 0.2) is 0 Å². The average molecular weight is 222 g/mol. The molecule has 1 aromatic rings. The van der Waals surface area contributed by atoms with Gasteiger partial charge in [0, 0.05) is 5.56 Å². The molecule has 1 N–H and O–H groups in total. The summed E-state index contributed by atoms with van der Waals surface area (Å²) in [5, 5.41) is 10.7. The summed E-state index contributed by atoms with van der Waals surface area (Å²) in [5.41, 5.74) is -0.371. The maximum absolute atomic E-state index is 10.7. The summed E-state index contributed by atoms with van der Waals surface area (Å²) < 4.78 is 0. The van der Waals surface area contributed by atoms with Crippen LogP contribution in [0.3, 0.4) is 0 Å². The van der Waals surface area contributed by atoms with Crippen LogP contribution in [0.5, 0.6) is 0 Å². The van der Waals surface area contributed by atoms with Gasteiger partial charge in [-0.05, 0) is 13.8 Å². The molecule has 1 heterocycles. The summed E-state index contributed by atoms with van der Waals surface area (Å²) in [4.78, 5) is 10.5. The highest BCUT2D eigenvalue weighted by Crippen LogP contribution is 2.54. The molecule has 0 aromatic heterocycles. The van der Waals surface area contributed by atoms with Crippen molar-refractivity contribution in [2.75, 3.05) is 0 Å². The molecule has 0 saturated carbocycles. The molecule has 1 aromatic carbocycles. The molecule has 88 valence electrons. The van der Waals surface area contributed by atoms with Gasteiger partial charge in [0.2, 0.25) is 5.79 Å². The lowest BCUT2D eigenvalue weighted by molar-refractivity contribution is -0.399. The smallest absolute Gasteiger partial charge is 0.233 e. The van der Waals surface area contributed by atoms with Crippen LogP contribution in [0, 0.1) is 5.41 Å². The highest BCUT2D eigenvalue weighted by molar-refractivity contribution is 5.24. The van der Waals surface area contributed by atoms with Crippen LogP contribution in [0.25, 0.3) is 0 Å². The Morgan fingerprint density at radius 2 is 1.50 bits per heavy atom. The van der Waals surface area contributed by atoms with Crippen molar-refractivity contribution in [1.29, 1.82) is 0 Å². The van der Waals surface area contributed by atoms with E-state index in [4.69, 9.17) is 9.78 Å². The van der Waals surface area contributed by atoms with E-state index in [9.17, 15) is 5.11 Å². The Hall–Kier alpha value is -0.900. The first-order valence-electron chi connectivity index (χ1n) is 5.46. The van der Waals surface area contributed by atoms with Gasteiger partial charge in [-0.2, -0.15) is 4.89 Å². The third-order valence-electron chi connectivity index (χ3n) is 3.89. The fourth-order valence-electron chi connectivity index (χ4n) is 1.85. The van der Waals surface area contributed by atoms with Crippen molar-refractivity contribution in [3.63, 3.8) is 0 Å². The lowest BCUT2D eigenvalue weighted by Crippen LogP contribution is -2.47. The zero-order chi connectivity index (χ0) is 12.0. The maximum Gasteiger partial charge on any atom is 0.233 e. The molecule has 1 fully saturated rings. The van der Waals surface area contributed by atoms with Crippen molar-refractivity contribution in [1.82, 2.24) is 0 Å². The molecule has 1 atom stereocenters. The standard InChI is InChI=1S/C13H18O3/c1-11(2)12(3,4)15-16-13(11,14)10-8-6-5-7-9-10/h5-9,14H,1-4H3/t13-/m0/s1. The number of hydrogen-bond acceptors (Lipinski definition) is 3. The number of rotatable bonds is 1. The normalized spacial score (nSPS) is 31.6. The quantitative estimate of drug-likeness (QED) is 0.742. The maximum atomic E-state index is 10.7. The number of hydrogen-bond donors (Lipinski definition) is 1. The Bertz CT molecular complexity index is 383. The van der Waals surface area contributed by atoms with Crippen LogP contribution in [0.2, 0.25) is 0 Å². The lowest BCUT2D eigenvalue weighted by atomic mass is 9.69. The van der Waals surface area contributed by atoms with Crippen LogP contribution in [-0.2, 0) is 15.6 Å². The SMILES string of the molecule is CC1(C)OO[C@@](O)(c2ccccc2)C1(C)C. The summed E-state index contributed by atoms with van der Waals surface area (Å²) in [6.07, 6.45) is 0. The predicted octanol–water partition coefficient (Wildman–Crippen LogP) is 2.60. The molecule has 3 nitrogen and oxygen atoms in total. The minimum Gasteiger partial charge on any atom is -0.359 e. The summed E-state index contributed by atoms with van der Waals surface area (Å²) in [6, 6.07) is 9.33. The van der Waals surface area contributed by atoms with Crippen molar-refractivity contribution in [2.24, 2.45) is 5.41 Å². The van der Waals surface area contributed by atoms with Crippen LogP contribution in [-0.4, -0.2) is 10.7 Å². The molecule has 0 amide bonds. The molecule has 1 aliphatic rings. The molecule has 0 spiro atoms. The Morgan fingerprint density at radius 1 is 0.938 bits per heavy atom. The lowest BCUT2D eigenvalue weighted by Gasteiger charge is -2.38. The topological polar surface area (TPSA) is 38.7 Å². The van der Waals surface area contributed by atoms with Gasteiger partial charge in [0.1, 0.15) is 5.60 Å². The second-order valence-electron chi connectivity index (χ2n) is 5.31. The van der Waals surface area contributed by atoms with E-state index in [2.05, 4.69) is 0 Å². The fourth-order valence-corrected chi connectivity index (χ4v) is 1.85. The van der Waals surface area contributed by atoms with Crippen LogP contribution >= 0.6 is 0 Å². The average Bonchev–Trinajstić information content (AvgIpc) is 2.41. The molecule has 0 radical (unpaired) electrons. The summed E-state index contributed by atoms with van der Waals surface area (Å²) >= 11 is 0. The van der Waals surface area contributed by atoms with Gasteiger partial charge in [-0.3, -0.25) is 0 Å². The third kappa shape index (κ3) is 1.32. The van der Waals surface area contributed by atoms with Crippen LogP contribution in [0.4, 0.5) is 0 Å². The Labute approximate surface area is 95.9 Å². The van der Waals surface area contributed by atoms with E-state index in [0.717, 1.165) is 0 Å². The molecule has 16 heavy (non-hydrogen) atoms. The Kier molecular flexibility index (Phi) is 2.38. The first-order valence-corrected chi connectivity index (χ1v) is 5.46. The van der Waals surface area contributed by atoms with E-state index in [-0.39, 0.29) is 0 Å². The van der Waals surface area contributed by atoms with Crippen molar-refractivity contribution < 1.29 is 14.9 Å². The van der Waals surface area contributed by atoms with Gasteiger partial charge in [0.05, 0.1) is 5.41 Å². The highest BCUT2D eigenvalue weighted by Gasteiger charge is 2.63. The molecule has 0 bridgehead atoms. The van der Waals surface area contributed by atoms with Crippen LogP contribution in [0.15, 0.2) is 30.3 Å². The van der Waals surface area contributed by atoms with E-state index in [1.54, 1.807) is 0 Å². The van der Waals surface area contributed by atoms with Gasteiger partial charge in [-0.1, -0.05) is 44.2 Å². The Morgan fingerprint density at radius 3 is 1.94 bits per heavy atom. The largest absolute Gasteiger partial charge is 0.359 e. The molecule has 0 unspecified atom stereocenters. The summed E-state index contributed by atoms with van der Waals surface area (Å²) in [6.45, 7) is 7.70. The van der Waals surface area contributed by atoms with E-state index < -0.39 is 16.8 Å². The van der Waals surface area contributed by atoms with Crippen molar-refractivity contribution >= 4 is 0 Å². The van der Waals surface area contributed by atoms with Gasteiger partial charge in [-0.15, -0.1) is 0 Å². The van der Waals surface area contributed by atoms with E-state index >= 15 is 0 Å². The van der Waals surface area contributed by atoms with Gasteiger partial charge >= 0.3 is 0 Å². The van der Waals surface area contributed by atoms with E-state index in [1.165, 1.54) is 0 Å². The van der Waals surface area contributed by atoms with Crippen molar-refractivity contribution in [2.45, 2.75) is 39.1 Å². The van der Waals surface area contributed by atoms with Crippen LogP contribution in [0.1, 0.15) is 33.3 Å². The zero-order valence-corrected chi connectivity index (χ0v) is 10.2. The summed E-state index contributed by atoms with van der Waals surface area (Å²) in [7, 11) is 0. The molecule has 1 aliphatic heterocycles. The van der Waals surface area contributed by atoms with Crippen molar-refractivity contribution in [3.8, 4) is 0 Å². The minimum atomic E-state index is -1.41. The van der Waals surface area contributed by atoms with Gasteiger partial charge in [0.25, 0.3) is 0 Å². The highest BCUT2D eigenvalue weighted by atomic mass is 17.2. The van der Waals surface area contributed by atoms with Gasteiger partial charge in [-0.25, -0.2) is 4.89 Å². The predicted molar refractivity (Wildman–Crippen MR) is 60.4 cm³/mol. The second kappa shape index (κ2) is 3.29. The van der Waals surface area contributed by atoms with E-state index in [1.807, 2.05) is 58.0 Å². The molecular weight excluding hydrogens is 204 g/mol. The van der Waals surface area contributed by atoms with E-state index in [0.29, 0.717) is 5.56 Å². The molecule has 3 heteroatoms. The molecule has 2 rings (SSSR count). The first-order chi connectivity index (χ1) is 7.31. The molecular formula is C13H18O3. The summed E-state index contributed by atoms with van der Waals surface area (Å²) in [5.74, 6) is -1.41.